The lowest BCUT2D eigenvalue weighted by atomic mass is 9.87. The fourth-order valence-corrected chi connectivity index (χ4v) is 3.44. The molecule has 3 rings (SSSR count). The van der Waals surface area contributed by atoms with Crippen molar-refractivity contribution in [2.24, 2.45) is 0 Å². The lowest BCUT2D eigenvalue weighted by molar-refractivity contribution is -0.130. The van der Waals surface area contributed by atoms with Gasteiger partial charge in [-0.15, -0.1) is 0 Å². The Hall–Kier alpha value is -3.66. The number of nitriles is 1. The highest BCUT2D eigenvalue weighted by atomic mass is 16.5. The van der Waals surface area contributed by atoms with E-state index in [-0.39, 0.29) is 23.9 Å². The first-order valence-corrected chi connectivity index (χ1v) is 9.84. The maximum absolute atomic E-state index is 12.6. The van der Waals surface area contributed by atoms with E-state index in [9.17, 15) is 14.4 Å². The van der Waals surface area contributed by atoms with Gasteiger partial charge >= 0.3 is 5.97 Å². The zero-order valence-electron chi connectivity index (χ0n) is 16.7. The number of hydrogen-bond acceptors (Lipinski definition) is 5. The number of nitrogens with zero attached hydrogens (tertiary/aromatic N) is 1. The van der Waals surface area contributed by atoms with Crippen LogP contribution in [0.4, 0.5) is 5.69 Å². The number of rotatable bonds is 6. The first-order valence-electron chi connectivity index (χ1n) is 9.84. The average molecular weight is 405 g/mol. The molecule has 2 atom stereocenters. The molecule has 0 fully saturated rings. The van der Waals surface area contributed by atoms with E-state index in [1.54, 1.807) is 13.0 Å². The lowest BCUT2D eigenvalue weighted by Gasteiger charge is -2.27. The zero-order valence-corrected chi connectivity index (χ0v) is 16.7. The minimum atomic E-state index is -0.943. The predicted molar refractivity (Wildman–Crippen MR) is 110 cm³/mol. The van der Waals surface area contributed by atoms with E-state index in [4.69, 9.17) is 10.00 Å². The molecule has 0 spiro atoms. The van der Waals surface area contributed by atoms with Crippen LogP contribution in [0, 0.1) is 11.3 Å². The van der Waals surface area contributed by atoms with Crippen LogP contribution in [0.25, 0.3) is 0 Å². The van der Waals surface area contributed by atoms with Gasteiger partial charge in [-0.2, -0.15) is 5.26 Å². The first kappa shape index (κ1) is 21.1. The molecule has 7 nitrogen and oxygen atoms in total. The number of hydrogen-bond donors (Lipinski definition) is 2. The molecular weight excluding hydrogens is 382 g/mol. The highest BCUT2D eigenvalue weighted by molar-refractivity contribution is 5.94. The number of carbonyl (C=O) groups is 3. The summed E-state index contributed by atoms with van der Waals surface area (Å²) in [6.07, 6.45) is 1.65. The number of aryl methyl sites for hydroxylation is 1. The summed E-state index contributed by atoms with van der Waals surface area (Å²) in [5, 5.41) is 14.0. The van der Waals surface area contributed by atoms with Gasteiger partial charge in [0.05, 0.1) is 17.7 Å². The summed E-state index contributed by atoms with van der Waals surface area (Å²) in [5.74, 6) is -1.40. The minimum absolute atomic E-state index is 0.0834. The number of benzene rings is 2. The van der Waals surface area contributed by atoms with Crippen molar-refractivity contribution in [1.82, 2.24) is 5.32 Å². The van der Waals surface area contributed by atoms with Gasteiger partial charge in [-0.1, -0.05) is 24.3 Å². The van der Waals surface area contributed by atoms with Crippen molar-refractivity contribution in [2.75, 3.05) is 5.32 Å². The number of anilines is 1. The summed E-state index contributed by atoms with van der Waals surface area (Å²) in [6, 6.07) is 15.8. The summed E-state index contributed by atoms with van der Waals surface area (Å²) in [7, 11) is 0. The van der Waals surface area contributed by atoms with Crippen LogP contribution >= 0.6 is 0 Å². The molecule has 2 aromatic rings. The second-order valence-corrected chi connectivity index (χ2v) is 7.16. The summed E-state index contributed by atoms with van der Waals surface area (Å²) in [6.45, 7) is 1.54. The van der Waals surface area contributed by atoms with Crippen molar-refractivity contribution in [3.63, 3.8) is 0 Å². The molecular formula is C23H23N3O4. The van der Waals surface area contributed by atoms with Crippen LogP contribution in [0.3, 0.4) is 0 Å². The lowest BCUT2D eigenvalue weighted by Crippen LogP contribution is -2.39. The first-order chi connectivity index (χ1) is 14.5. The number of fused-ring (bicyclic) bond motifs is 1. The molecule has 154 valence electrons. The van der Waals surface area contributed by atoms with Crippen LogP contribution in [0.1, 0.15) is 53.7 Å². The molecule has 1 aliphatic rings. The van der Waals surface area contributed by atoms with E-state index in [1.165, 1.54) is 29.8 Å². The molecule has 2 amide bonds. The van der Waals surface area contributed by atoms with Crippen LogP contribution in [0.15, 0.2) is 48.5 Å². The van der Waals surface area contributed by atoms with Gasteiger partial charge in [0.1, 0.15) is 6.42 Å². The van der Waals surface area contributed by atoms with E-state index in [2.05, 4.69) is 16.7 Å². The Morgan fingerprint density at radius 2 is 1.90 bits per heavy atom. The molecule has 1 aliphatic carbocycles. The number of amides is 2. The molecule has 7 heteroatoms. The molecule has 0 unspecified atom stereocenters. The van der Waals surface area contributed by atoms with Crippen LogP contribution in [0.2, 0.25) is 0 Å². The van der Waals surface area contributed by atoms with Gasteiger partial charge in [-0.25, -0.2) is 4.79 Å². The molecule has 0 aromatic heterocycles. The standard InChI is InChI=1S/C23H23N3O4/c1-15(22(28)26-20-8-4-6-16-5-2-3-7-19(16)20)30-23(29)17-9-11-18(12-10-17)25-21(27)13-14-24/h2-3,5,7,9-12,15,20H,4,6,8,13H2,1H3,(H,25,27)(H,26,28)/t15-,20+/m1/s1. The largest absolute Gasteiger partial charge is 0.449 e. The monoisotopic (exact) mass is 405 g/mol. The summed E-state index contributed by atoms with van der Waals surface area (Å²) in [4.78, 5) is 36.3. The topological polar surface area (TPSA) is 108 Å². The van der Waals surface area contributed by atoms with Crippen molar-refractivity contribution < 1.29 is 19.1 Å². The van der Waals surface area contributed by atoms with Gasteiger partial charge in [0, 0.05) is 5.69 Å². The van der Waals surface area contributed by atoms with Crippen LogP contribution in [0.5, 0.6) is 0 Å². The van der Waals surface area contributed by atoms with Gasteiger partial charge < -0.3 is 15.4 Å². The van der Waals surface area contributed by atoms with Crippen molar-refractivity contribution in [1.29, 1.82) is 5.26 Å². The third kappa shape index (κ3) is 5.23. The maximum Gasteiger partial charge on any atom is 0.338 e. The highest BCUT2D eigenvalue weighted by Gasteiger charge is 2.25. The average Bonchev–Trinajstić information content (AvgIpc) is 2.74. The van der Waals surface area contributed by atoms with Crippen LogP contribution in [-0.4, -0.2) is 23.9 Å². The van der Waals surface area contributed by atoms with E-state index >= 15 is 0 Å². The second-order valence-electron chi connectivity index (χ2n) is 7.16. The van der Waals surface area contributed by atoms with Crippen molar-refractivity contribution in [3.8, 4) is 6.07 Å². The fraction of sp³-hybridized carbons (Fsp3) is 0.304. The van der Waals surface area contributed by atoms with Gasteiger partial charge in [-0.3, -0.25) is 9.59 Å². The van der Waals surface area contributed by atoms with Crippen molar-refractivity contribution in [3.05, 3.63) is 65.2 Å². The Labute approximate surface area is 175 Å². The minimum Gasteiger partial charge on any atom is -0.449 e. The van der Waals surface area contributed by atoms with Crippen molar-refractivity contribution >= 4 is 23.5 Å². The number of carbonyl (C=O) groups excluding carboxylic acids is 3. The Balaban J connectivity index is 1.56. The summed E-state index contributed by atoms with van der Waals surface area (Å²) in [5.41, 5.74) is 3.08. The normalized spacial score (nSPS) is 15.8. The molecule has 0 aliphatic heterocycles. The molecule has 0 bridgehead atoms. The summed E-state index contributed by atoms with van der Waals surface area (Å²) < 4.78 is 5.31. The Kier molecular flexibility index (Phi) is 6.81. The van der Waals surface area contributed by atoms with Crippen LogP contribution in [-0.2, 0) is 20.7 Å². The quantitative estimate of drug-likeness (QED) is 0.717. The number of nitrogens with one attached hydrogen (secondary N) is 2. The Morgan fingerprint density at radius 3 is 2.63 bits per heavy atom. The maximum atomic E-state index is 12.6. The fourth-order valence-electron chi connectivity index (χ4n) is 3.44. The van der Waals surface area contributed by atoms with Gasteiger partial charge in [-0.05, 0) is 61.6 Å². The zero-order chi connectivity index (χ0) is 21.5. The molecule has 2 aromatic carbocycles. The van der Waals surface area contributed by atoms with E-state index in [0.29, 0.717) is 5.69 Å². The van der Waals surface area contributed by atoms with E-state index in [0.717, 1.165) is 24.8 Å². The van der Waals surface area contributed by atoms with E-state index < -0.39 is 18.0 Å². The molecule has 0 radical (unpaired) electrons. The summed E-state index contributed by atoms with van der Waals surface area (Å²) >= 11 is 0. The Morgan fingerprint density at radius 1 is 1.17 bits per heavy atom. The predicted octanol–water partition coefficient (Wildman–Crippen LogP) is 3.28. The molecule has 0 saturated carbocycles. The van der Waals surface area contributed by atoms with Gasteiger partial charge in [0.15, 0.2) is 6.10 Å². The van der Waals surface area contributed by atoms with Crippen molar-refractivity contribution in [2.45, 2.75) is 44.8 Å². The van der Waals surface area contributed by atoms with E-state index in [1.807, 2.05) is 18.2 Å². The van der Waals surface area contributed by atoms with Gasteiger partial charge in [0.25, 0.3) is 5.91 Å². The third-order valence-electron chi connectivity index (χ3n) is 4.98. The van der Waals surface area contributed by atoms with Gasteiger partial charge in [0.2, 0.25) is 5.91 Å². The third-order valence-corrected chi connectivity index (χ3v) is 4.98. The number of ether oxygens (including phenoxy) is 1. The molecule has 2 N–H and O–H groups in total. The van der Waals surface area contributed by atoms with Crippen LogP contribution < -0.4 is 10.6 Å². The second kappa shape index (κ2) is 9.70. The molecule has 0 heterocycles. The molecule has 30 heavy (non-hydrogen) atoms. The number of esters is 1. The Bertz CT molecular complexity index is 979. The highest BCUT2D eigenvalue weighted by Crippen LogP contribution is 2.29. The smallest absolute Gasteiger partial charge is 0.338 e. The SMILES string of the molecule is C[C@@H](OC(=O)c1ccc(NC(=O)CC#N)cc1)C(=O)N[C@H]1CCCc2ccccc21. The molecule has 0 saturated heterocycles.